The van der Waals surface area contributed by atoms with Gasteiger partial charge in [-0.05, 0) is 23.6 Å². The Balaban J connectivity index is 1.47. The molecule has 1 aliphatic rings. The Hall–Kier alpha value is -2.69. The Bertz CT molecular complexity index is 941. The first kappa shape index (κ1) is 24.9. The van der Waals surface area contributed by atoms with Crippen molar-refractivity contribution in [1.29, 1.82) is 0 Å². The van der Waals surface area contributed by atoms with Gasteiger partial charge in [-0.2, -0.15) is 13.2 Å². The van der Waals surface area contributed by atoms with Gasteiger partial charge in [0.2, 0.25) is 11.8 Å². The highest BCUT2D eigenvalue weighted by atomic mass is 32.1. The van der Waals surface area contributed by atoms with Gasteiger partial charge in [0.05, 0.1) is 24.3 Å². The van der Waals surface area contributed by atoms with Gasteiger partial charge in [-0.1, -0.05) is 24.3 Å². The molecule has 6 nitrogen and oxygen atoms in total. The maximum Gasteiger partial charge on any atom is 0.418 e. The minimum absolute atomic E-state index is 0.0108. The van der Waals surface area contributed by atoms with E-state index >= 15 is 0 Å². The molecule has 0 bridgehead atoms. The molecule has 1 aliphatic heterocycles. The normalized spacial score (nSPS) is 15.0. The number of thiophene rings is 1. The van der Waals surface area contributed by atoms with Gasteiger partial charge < -0.3 is 10.2 Å². The first-order valence-electron chi connectivity index (χ1n) is 10.6. The average molecular weight is 481 g/mol. The summed E-state index contributed by atoms with van der Waals surface area (Å²) in [6, 6.07) is 8.92. The van der Waals surface area contributed by atoms with E-state index in [1.165, 1.54) is 23.1 Å². The summed E-state index contributed by atoms with van der Waals surface area (Å²) < 4.78 is 39.3. The van der Waals surface area contributed by atoms with Crippen LogP contribution >= 0.6 is 11.3 Å². The maximum atomic E-state index is 13.1. The van der Waals surface area contributed by atoms with Gasteiger partial charge in [-0.3, -0.25) is 19.4 Å². The van der Waals surface area contributed by atoms with Crippen molar-refractivity contribution >= 4 is 28.8 Å². The second-order valence-electron chi connectivity index (χ2n) is 7.79. The largest absolute Gasteiger partial charge is 0.418 e. The number of carbonyl (C=O) groups is 2. The highest BCUT2D eigenvalue weighted by molar-refractivity contribution is 7.09. The Morgan fingerprint density at radius 3 is 2.48 bits per heavy atom. The first-order valence-corrected chi connectivity index (χ1v) is 11.5. The molecule has 0 radical (unpaired) electrons. The van der Waals surface area contributed by atoms with Crippen LogP contribution in [0.1, 0.15) is 10.4 Å². The molecule has 1 N–H and O–H groups in total. The predicted octanol–water partition coefficient (Wildman–Crippen LogP) is 3.54. The summed E-state index contributed by atoms with van der Waals surface area (Å²) in [7, 11) is 0. The highest BCUT2D eigenvalue weighted by Crippen LogP contribution is 2.34. The Morgan fingerprint density at radius 2 is 1.85 bits per heavy atom. The lowest BCUT2D eigenvalue weighted by atomic mass is 10.1. The van der Waals surface area contributed by atoms with Crippen LogP contribution in [0.25, 0.3) is 0 Å². The van der Waals surface area contributed by atoms with Crippen LogP contribution in [0.4, 0.5) is 18.9 Å². The van der Waals surface area contributed by atoms with Crippen molar-refractivity contribution in [3.8, 4) is 0 Å². The summed E-state index contributed by atoms with van der Waals surface area (Å²) in [5, 5.41) is 4.36. The van der Waals surface area contributed by atoms with Crippen molar-refractivity contribution in [1.82, 2.24) is 14.7 Å². The zero-order valence-electron chi connectivity index (χ0n) is 18.2. The zero-order chi connectivity index (χ0) is 23.8. The zero-order valence-corrected chi connectivity index (χ0v) is 19.0. The molecular weight excluding hydrogens is 453 g/mol. The third kappa shape index (κ3) is 7.41. The van der Waals surface area contributed by atoms with E-state index in [0.717, 1.165) is 6.07 Å². The van der Waals surface area contributed by atoms with Crippen molar-refractivity contribution < 1.29 is 22.8 Å². The van der Waals surface area contributed by atoms with E-state index in [9.17, 15) is 22.8 Å². The van der Waals surface area contributed by atoms with Crippen molar-refractivity contribution in [2.24, 2.45) is 0 Å². The lowest BCUT2D eigenvalue weighted by Crippen LogP contribution is -2.52. The third-order valence-electron chi connectivity index (χ3n) is 5.30. The number of alkyl halides is 3. The number of piperazine rings is 1. The van der Waals surface area contributed by atoms with E-state index in [1.807, 2.05) is 27.3 Å². The van der Waals surface area contributed by atoms with Gasteiger partial charge in [-0.15, -0.1) is 17.9 Å². The van der Waals surface area contributed by atoms with Crippen LogP contribution in [-0.2, 0) is 22.3 Å². The smallest absolute Gasteiger partial charge is 0.339 e. The lowest BCUT2D eigenvalue weighted by molar-refractivity contribution is -0.137. The van der Waals surface area contributed by atoms with Gasteiger partial charge in [-0.25, -0.2) is 0 Å². The maximum absolute atomic E-state index is 13.1. The van der Waals surface area contributed by atoms with E-state index in [2.05, 4.69) is 11.9 Å². The van der Waals surface area contributed by atoms with Crippen LogP contribution in [-0.4, -0.2) is 72.3 Å². The van der Waals surface area contributed by atoms with Crippen LogP contribution in [0.15, 0.2) is 54.4 Å². The monoisotopic (exact) mass is 480 g/mol. The molecule has 3 rings (SSSR count). The number of hydrogen-bond donors (Lipinski definition) is 1. The SMILES string of the molecule is C=CCN(CC(=O)N1CCN(CC(=O)Nc2ccccc2C(F)(F)F)CC1)Cc1cccs1. The standard InChI is InChI=1S/C23H27F3N4O2S/c1-2-9-29(15-18-6-5-14-33-18)17-22(32)30-12-10-28(11-13-30)16-21(31)27-20-8-4-3-7-19(20)23(24,25)26/h2-8,14H,1,9-13,15-17H2,(H,27,31). The molecule has 2 amide bonds. The topological polar surface area (TPSA) is 55.9 Å². The number of para-hydroxylation sites is 1. The molecule has 1 saturated heterocycles. The van der Waals surface area contributed by atoms with Gasteiger partial charge in [0.15, 0.2) is 0 Å². The lowest BCUT2D eigenvalue weighted by Gasteiger charge is -2.35. The number of benzene rings is 1. The molecule has 0 aliphatic carbocycles. The number of nitrogens with one attached hydrogen (secondary N) is 1. The third-order valence-corrected chi connectivity index (χ3v) is 6.17. The fourth-order valence-electron chi connectivity index (χ4n) is 3.67. The number of amides is 2. The molecule has 0 spiro atoms. The van der Waals surface area contributed by atoms with E-state index < -0.39 is 17.6 Å². The molecule has 178 valence electrons. The molecule has 2 aromatic rings. The average Bonchev–Trinajstić information content (AvgIpc) is 3.27. The van der Waals surface area contributed by atoms with Crippen LogP contribution in [0.2, 0.25) is 0 Å². The second kappa shape index (κ2) is 11.4. The molecule has 10 heteroatoms. The van der Waals surface area contributed by atoms with Gasteiger partial charge in [0.25, 0.3) is 0 Å². The summed E-state index contributed by atoms with van der Waals surface area (Å²) in [6.07, 6.45) is -2.77. The number of nitrogens with zero attached hydrogens (tertiary/aromatic N) is 3. The van der Waals surface area contributed by atoms with E-state index in [4.69, 9.17) is 0 Å². The molecule has 2 heterocycles. The fraction of sp³-hybridized carbons (Fsp3) is 0.391. The quantitative estimate of drug-likeness (QED) is 0.558. The van der Waals surface area contributed by atoms with Crippen molar-refractivity contribution in [3.05, 3.63) is 64.9 Å². The molecule has 0 saturated carbocycles. The minimum Gasteiger partial charge on any atom is -0.339 e. The second-order valence-corrected chi connectivity index (χ2v) is 8.82. The van der Waals surface area contributed by atoms with Crippen LogP contribution in [0.5, 0.6) is 0 Å². The van der Waals surface area contributed by atoms with Crippen LogP contribution < -0.4 is 5.32 Å². The highest BCUT2D eigenvalue weighted by Gasteiger charge is 2.33. The minimum atomic E-state index is -4.54. The number of halogens is 3. The summed E-state index contributed by atoms with van der Waals surface area (Å²) in [5.74, 6) is -0.504. The molecule has 33 heavy (non-hydrogen) atoms. The summed E-state index contributed by atoms with van der Waals surface area (Å²) in [4.78, 5) is 31.9. The molecule has 0 unspecified atom stereocenters. The van der Waals surface area contributed by atoms with Crippen molar-refractivity contribution in [2.75, 3.05) is 51.1 Å². The Kier molecular flexibility index (Phi) is 8.65. The van der Waals surface area contributed by atoms with Crippen molar-refractivity contribution in [2.45, 2.75) is 12.7 Å². The number of hydrogen-bond acceptors (Lipinski definition) is 5. The number of anilines is 1. The molecule has 1 aromatic carbocycles. The van der Waals surface area contributed by atoms with Gasteiger partial charge >= 0.3 is 6.18 Å². The molecule has 0 atom stereocenters. The fourth-order valence-corrected chi connectivity index (χ4v) is 4.42. The summed E-state index contributed by atoms with van der Waals surface area (Å²) in [6.45, 7) is 7.17. The van der Waals surface area contributed by atoms with Crippen molar-refractivity contribution in [3.63, 3.8) is 0 Å². The van der Waals surface area contributed by atoms with E-state index in [1.54, 1.807) is 22.3 Å². The van der Waals surface area contributed by atoms with E-state index in [-0.39, 0.29) is 24.7 Å². The first-order chi connectivity index (χ1) is 15.8. The van der Waals surface area contributed by atoms with Crippen LogP contribution in [0.3, 0.4) is 0 Å². The van der Waals surface area contributed by atoms with Crippen LogP contribution in [0, 0.1) is 0 Å². The molecule has 1 aromatic heterocycles. The number of carbonyl (C=O) groups excluding carboxylic acids is 2. The Morgan fingerprint density at radius 1 is 1.12 bits per heavy atom. The van der Waals surface area contributed by atoms with Gasteiger partial charge in [0.1, 0.15) is 0 Å². The Labute approximate surface area is 195 Å². The summed E-state index contributed by atoms with van der Waals surface area (Å²) >= 11 is 1.64. The predicted molar refractivity (Wildman–Crippen MR) is 123 cm³/mol. The molecular formula is C23H27F3N4O2S. The van der Waals surface area contributed by atoms with Gasteiger partial charge in [0, 0.05) is 44.1 Å². The molecule has 1 fully saturated rings. The van der Waals surface area contributed by atoms with E-state index in [0.29, 0.717) is 39.3 Å². The number of rotatable bonds is 9. The summed E-state index contributed by atoms with van der Waals surface area (Å²) in [5.41, 5.74) is -1.13.